The van der Waals surface area contributed by atoms with Gasteiger partial charge in [-0.3, -0.25) is 13.8 Å². The van der Waals surface area contributed by atoms with Crippen LogP contribution in [0.25, 0.3) is 0 Å². The van der Waals surface area contributed by atoms with Crippen LogP contribution in [-0.4, -0.2) is 77.4 Å². The van der Waals surface area contributed by atoms with Crippen molar-refractivity contribution in [3.8, 4) is 0 Å². The van der Waals surface area contributed by atoms with Crippen LogP contribution in [-0.2, 0) is 32.6 Å². The molecule has 1 aliphatic rings. The molecule has 1 fully saturated rings. The molecule has 120 valence electrons. The van der Waals surface area contributed by atoms with Crippen molar-refractivity contribution in [3.05, 3.63) is 0 Å². The molecular weight excluding hydrogens is 304 g/mol. The molecule has 2 radical (unpaired) electrons. The topological polar surface area (TPSA) is 113 Å². The zero-order chi connectivity index (χ0) is 16.0. The number of rotatable bonds is 8. The lowest BCUT2D eigenvalue weighted by Gasteiger charge is -2.25. The summed E-state index contributed by atoms with van der Waals surface area (Å²) in [7, 11) is 5.39. The van der Waals surface area contributed by atoms with Crippen LogP contribution in [0.15, 0.2) is 0 Å². The second-order valence-corrected chi connectivity index (χ2v) is 5.78. The number of phosphoric ester groups is 1. The molecule has 1 rings (SSSR count). The Morgan fingerprint density at radius 2 is 2.10 bits per heavy atom. The molecule has 0 aromatic rings. The molecule has 0 saturated carbocycles. The van der Waals surface area contributed by atoms with Gasteiger partial charge in [-0.15, -0.1) is 0 Å². The molecule has 0 aromatic carbocycles. The van der Waals surface area contributed by atoms with Crippen molar-refractivity contribution < 1.29 is 37.5 Å². The van der Waals surface area contributed by atoms with E-state index in [0.717, 1.165) is 7.11 Å². The first-order valence-electron chi connectivity index (χ1n) is 6.13. The number of likely N-dealkylation sites (N-methyl/N-ethyl adjacent to an activating group) is 1. The average Bonchev–Trinajstić information content (AvgIpc) is 2.72. The van der Waals surface area contributed by atoms with Crippen molar-refractivity contribution in [1.82, 2.24) is 5.32 Å². The van der Waals surface area contributed by atoms with Crippen LogP contribution < -0.4 is 5.32 Å². The highest BCUT2D eigenvalue weighted by molar-refractivity contribution is 7.47. The van der Waals surface area contributed by atoms with Gasteiger partial charge in [-0.25, -0.2) is 4.57 Å². The van der Waals surface area contributed by atoms with E-state index in [1.807, 2.05) is 0 Å². The Morgan fingerprint density at radius 1 is 1.43 bits per heavy atom. The van der Waals surface area contributed by atoms with Crippen LogP contribution in [0.2, 0.25) is 0 Å². The van der Waals surface area contributed by atoms with E-state index in [1.165, 1.54) is 14.2 Å². The third-order valence-corrected chi connectivity index (χ3v) is 3.82. The molecular formula is C10H19BNO8P. The molecule has 1 saturated heterocycles. The number of carbonyl (C=O) groups is 1. The van der Waals surface area contributed by atoms with E-state index in [4.69, 9.17) is 26.6 Å². The van der Waals surface area contributed by atoms with Gasteiger partial charge < -0.3 is 24.4 Å². The number of ether oxygens (including phenoxy) is 3. The monoisotopic (exact) mass is 323 g/mol. The highest BCUT2D eigenvalue weighted by Crippen LogP contribution is 2.46. The lowest BCUT2D eigenvalue weighted by molar-refractivity contribution is -0.129. The summed E-state index contributed by atoms with van der Waals surface area (Å²) >= 11 is 0. The number of hydrogen-bond donors (Lipinski definition) is 2. The minimum Gasteiger partial charge on any atom is -0.382 e. The summed E-state index contributed by atoms with van der Waals surface area (Å²) in [6.45, 7) is -0.220. The summed E-state index contributed by atoms with van der Waals surface area (Å²) in [5.74, 6) is -0.380. The summed E-state index contributed by atoms with van der Waals surface area (Å²) in [4.78, 5) is 20.7. The standard InChI is InChI=1S/C10H19BNO8P/c1-12-7(13)5-18-9-8(20-21(14,15)17-3)6(4-16-2)19-10(9)11/h6,8-10H,4-5H2,1-3H3,(H,12,13)(H,14,15)/t6-,8?,9+,10-/m1/s1. The van der Waals surface area contributed by atoms with Gasteiger partial charge in [0, 0.05) is 27.3 Å². The summed E-state index contributed by atoms with van der Waals surface area (Å²) < 4.78 is 36.6. The molecule has 9 nitrogen and oxygen atoms in total. The minimum absolute atomic E-state index is 0.0713. The molecule has 1 aliphatic heterocycles. The summed E-state index contributed by atoms with van der Waals surface area (Å²) in [6, 6.07) is -0.934. The largest absolute Gasteiger partial charge is 0.472 e. The fourth-order valence-corrected chi connectivity index (χ4v) is 2.46. The maximum absolute atomic E-state index is 11.6. The van der Waals surface area contributed by atoms with Crippen LogP contribution >= 0.6 is 7.82 Å². The predicted octanol–water partition coefficient (Wildman–Crippen LogP) is -1.21. The Kier molecular flexibility index (Phi) is 7.28. The van der Waals surface area contributed by atoms with Crippen molar-refractivity contribution in [2.75, 3.05) is 34.5 Å². The number of hydrogen-bond acceptors (Lipinski definition) is 7. The van der Waals surface area contributed by atoms with E-state index in [2.05, 4.69) is 9.84 Å². The van der Waals surface area contributed by atoms with E-state index in [0.29, 0.717) is 0 Å². The highest BCUT2D eigenvalue weighted by Gasteiger charge is 2.47. The number of methoxy groups -OCH3 is 1. The molecule has 0 aromatic heterocycles. The maximum Gasteiger partial charge on any atom is 0.472 e. The number of carbonyl (C=O) groups excluding carboxylic acids is 1. The smallest absolute Gasteiger partial charge is 0.382 e. The quantitative estimate of drug-likeness (QED) is 0.423. The van der Waals surface area contributed by atoms with Gasteiger partial charge in [0.05, 0.1) is 6.61 Å². The molecule has 5 atom stereocenters. The van der Waals surface area contributed by atoms with Gasteiger partial charge in [-0.1, -0.05) is 0 Å². The Balaban J connectivity index is 2.80. The molecule has 2 unspecified atom stereocenters. The third kappa shape index (κ3) is 5.34. The Morgan fingerprint density at radius 3 is 2.62 bits per heavy atom. The molecule has 11 heteroatoms. The molecule has 0 bridgehead atoms. The van der Waals surface area contributed by atoms with Crippen LogP contribution in [0.4, 0.5) is 0 Å². The number of amides is 1. The van der Waals surface area contributed by atoms with Crippen molar-refractivity contribution in [3.63, 3.8) is 0 Å². The maximum atomic E-state index is 11.6. The second kappa shape index (κ2) is 8.23. The molecule has 0 aliphatic carbocycles. The van der Waals surface area contributed by atoms with E-state index in [9.17, 15) is 14.3 Å². The van der Waals surface area contributed by atoms with E-state index >= 15 is 0 Å². The van der Waals surface area contributed by atoms with Gasteiger partial charge in [0.2, 0.25) is 5.91 Å². The fraction of sp³-hybridized carbons (Fsp3) is 0.900. The van der Waals surface area contributed by atoms with E-state index in [1.54, 1.807) is 0 Å². The van der Waals surface area contributed by atoms with Gasteiger partial charge >= 0.3 is 7.82 Å². The summed E-state index contributed by atoms with van der Waals surface area (Å²) in [6.07, 6.45) is -2.66. The minimum atomic E-state index is -4.27. The lowest BCUT2D eigenvalue weighted by Crippen LogP contribution is -2.40. The van der Waals surface area contributed by atoms with Gasteiger partial charge in [-0.05, 0) is 0 Å². The zero-order valence-corrected chi connectivity index (χ0v) is 12.9. The summed E-state index contributed by atoms with van der Waals surface area (Å²) in [5, 5.41) is 2.37. The van der Waals surface area contributed by atoms with Crippen LogP contribution in [0.3, 0.4) is 0 Å². The van der Waals surface area contributed by atoms with Crippen molar-refractivity contribution in [1.29, 1.82) is 0 Å². The number of phosphoric acid groups is 1. The Bertz CT molecular complexity index is 397. The number of nitrogens with one attached hydrogen (secondary N) is 1. The first-order chi connectivity index (χ1) is 9.84. The molecule has 1 amide bonds. The zero-order valence-electron chi connectivity index (χ0n) is 12.1. The van der Waals surface area contributed by atoms with Gasteiger partial charge in [0.1, 0.15) is 32.8 Å². The third-order valence-electron chi connectivity index (χ3n) is 2.85. The lowest BCUT2D eigenvalue weighted by atomic mass is 9.93. The predicted molar refractivity (Wildman–Crippen MR) is 71.8 cm³/mol. The normalized spacial score (nSPS) is 31.8. The van der Waals surface area contributed by atoms with Crippen molar-refractivity contribution >= 4 is 21.6 Å². The first kappa shape index (κ1) is 18.6. The highest BCUT2D eigenvalue weighted by atomic mass is 31.2. The van der Waals surface area contributed by atoms with Gasteiger partial charge in [0.25, 0.3) is 0 Å². The first-order valence-corrected chi connectivity index (χ1v) is 7.63. The molecule has 0 spiro atoms. The summed E-state index contributed by atoms with van der Waals surface area (Å²) in [5.41, 5.74) is 0. The SMILES string of the molecule is [B][C@@H]1O[C@H](COC)C(OP(=O)(O)OC)[C@@H]1OCC(=O)NC. The Hall–Kier alpha value is -0.475. The second-order valence-electron chi connectivity index (χ2n) is 4.26. The van der Waals surface area contributed by atoms with Gasteiger partial charge in [0.15, 0.2) is 0 Å². The van der Waals surface area contributed by atoms with Crippen LogP contribution in [0.1, 0.15) is 0 Å². The molecule has 21 heavy (non-hydrogen) atoms. The molecule has 2 N–H and O–H groups in total. The van der Waals surface area contributed by atoms with Crippen molar-refractivity contribution in [2.24, 2.45) is 0 Å². The van der Waals surface area contributed by atoms with E-state index < -0.39 is 32.1 Å². The average molecular weight is 323 g/mol. The van der Waals surface area contributed by atoms with Gasteiger partial charge in [-0.2, -0.15) is 0 Å². The van der Waals surface area contributed by atoms with E-state index in [-0.39, 0.29) is 19.1 Å². The fourth-order valence-electron chi connectivity index (χ4n) is 1.81. The Labute approximate surface area is 124 Å². The van der Waals surface area contributed by atoms with Crippen LogP contribution in [0.5, 0.6) is 0 Å². The van der Waals surface area contributed by atoms with Crippen LogP contribution in [0, 0.1) is 0 Å². The van der Waals surface area contributed by atoms with Crippen molar-refractivity contribution in [2.45, 2.75) is 24.3 Å². The molecule has 1 heterocycles.